The molecule has 1 saturated carbocycles. The first-order valence-corrected chi connectivity index (χ1v) is 8.12. The zero-order valence-corrected chi connectivity index (χ0v) is 14.2. The van der Waals surface area contributed by atoms with Crippen LogP contribution in [0.1, 0.15) is 40.5 Å². The Morgan fingerprint density at radius 1 is 1.36 bits per heavy atom. The van der Waals surface area contributed by atoms with Gasteiger partial charge in [-0.05, 0) is 64.5 Å². The van der Waals surface area contributed by atoms with Crippen molar-refractivity contribution in [2.24, 2.45) is 17.8 Å². The van der Waals surface area contributed by atoms with E-state index in [1.807, 2.05) is 26.8 Å². The van der Waals surface area contributed by atoms with Gasteiger partial charge in [-0.2, -0.15) is 0 Å². The van der Waals surface area contributed by atoms with Crippen molar-refractivity contribution >= 4 is 11.8 Å². The molecule has 2 amide bonds. The van der Waals surface area contributed by atoms with Crippen LogP contribution in [0.3, 0.4) is 0 Å². The van der Waals surface area contributed by atoms with Gasteiger partial charge in [0.15, 0.2) is 0 Å². The van der Waals surface area contributed by atoms with Crippen molar-refractivity contribution in [2.45, 2.75) is 51.6 Å². The van der Waals surface area contributed by atoms with Crippen LogP contribution in [0.15, 0.2) is 12.7 Å². The predicted molar refractivity (Wildman–Crippen MR) is 87.2 cm³/mol. The molecular weight excluding hydrogens is 278 g/mol. The molecule has 22 heavy (non-hydrogen) atoms. The molecule has 1 saturated heterocycles. The van der Waals surface area contributed by atoms with Crippen LogP contribution in [0.4, 0.5) is 0 Å². The fourth-order valence-corrected chi connectivity index (χ4v) is 4.16. The smallest absolute Gasteiger partial charge is 0.246 e. The minimum Gasteiger partial charge on any atom is -0.349 e. The SMILES string of the molecule is C=CC[C@H]1[C@@H]2CNC[C@@H]2CC1(NC(C)=O)C(=O)NC(C)(C)C. The number of hydrogen-bond donors (Lipinski definition) is 3. The number of rotatable bonds is 4. The first kappa shape index (κ1) is 17.0. The van der Waals surface area contributed by atoms with Crippen LogP contribution in [-0.2, 0) is 9.59 Å². The van der Waals surface area contributed by atoms with Gasteiger partial charge in [0, 0.05) is 12.5 Å². The van der Waals surface area contributed by atoms with Crippen molar-refractivity contribution in [1.82, 2.24) is 16.0 Å². The maximum atomic E-state index is 13.1. The molecule has 0 radical (unpaired) electrons. The lowest BCUT2D eigenvalue weighted by molar-refractivity contribution is -0.136. The summed E-state index contributed by atoms with van der Waals surface area (Å²) < 4.78 is 0. The number of nitrogens with one attached hydrogen (secondary N) is 3. The van der Waals surface area contributed by atoms with Gasteiger partial charge in [-0.25, -0.2) is 0 Å². The minimum absolute atomic E-state index is 0.0588. The Bertz CT molecular complexity index is 469. The summed E-state index contributed by atoms with van der Waals surface area (Å²) >= 11 is 0. The van der Waals surface area contributed by atoms with Gasteiger partial charge in [0.25, 0.3) is 0 Å². The summed E-state index contributed by atoms with van der Waals surface area (Å²) in [5, 5.41) is 9.50. The zero-order valence-electron chi connectivity index (χ0n) is 14.2. The highest BCUT2D eigenvalue weighted by atomic mass is 16.2. The summed E-state index contributed by atoms with van der Waals surface area (Å²) in [4.78, 5) is 24.9. The van der Waals surface area contributed by atoms with Crippen molar-refractivity contribution in [1.29, 1.82) is 0 Å². The molecule has 1 aliphatic carbocycles. The monoisotopic (exact) mass is 307 g/mol. The van der Waals surface area contributed by atoms with E-state index in [2.05, 4.69) is 22.5 Å². The van der Waals surface area contributed by atoms with E-state index in [-0.39, 0.29) is 23.3 Å². The summed E-state index contributed by atoms with van der Waals surface area (Å²) in [6.45, 7) is 13.1. The summed E-state index contributed by atoms with van der Waals surface area (Å²) in [5.41, 5.74) is -1.14. The van der Waals surface area contributed by atoms with Crippen LogP contribution in [0, 0.1) is 17.8 Å². The Morgan fingerprint density at radius 2 is 2.05 bits per heavy atom. The Balaban J connectivity index is 2.36. The van der Waals surface area contributed by atoms with E-state index >= 15 is 0 Å². The summed E-state index contributed by atoms with van der Waals surface area (Å²) in [6.07, 6.45) is 3.30. The van der Waals surface area contributed by atoms with Gasteiger partial charge in [-0.1, -0.05) is 6.08 Å². The molecule has 5 heteroatoms. The minimum atomic E-state index is -0.815. The summed E-state index contributed by atoms with van der Waals surface area (Å²) in [6, 6.07) is 0. The third kappa shape index (κ3) is 3.19. The normalized spacial score (nSPS) is 34.1. The molecule has 0 bridgehead atoms. The van der Waals surface area contributed by atoms with Crippen molar-refractivity contribution in [3.63, 3.8) is 0 Å². The van der Waals surface area contributed by atoms with Crippen LogP contribution in [0.25, 0.3) is 0 Å². The van der Waals surface area contributed by atoms with Crippen molar-refractivity contribution < 1.29 is 9.59 Å². The first-order valence-electron chi connectivity index (χ1n) is 8.12. The standard InChI is InChI=1S/C17H29N3O2/c1-6-7-14-13-10-18-9-12(13)8-17(14,19-11(2)21)15(22)20-16(3,4)5/h6,12-14,18H,1,7-10H2,2-5H3,(H,19,21)(H,20,22)/t12-,13+,14-,17?/m0/s1. The lowest BCUT2D eigenvalue weighted by Gasteiger charge is -2.38. The van der Waals surface area contributed by atoms with Crippen LogP contribution in [0.2, 0.25) is 0 Å². The van der Waals surface area contributed by atoms with Gasteiger partial charge < -0.3 is 16.0 Å². The highest BCUT2D eigenvalue weighted by Crippen LogP contribution is 2.48. The molecule has 1 aliphatic heterocycles. The van der Waals surface area contributed by atoms with Crippen molar-refractivity contribution in [2.75, 3.05) is 13.1 Å². The summed E-state index contributed by atoms with van der Waals surface area (Å²) in [5.74, 6) is 0.733. The molecule has 0 aromatic carbocycles. The van der Waals surface area contributed by atoms with Gasteiger partial charge in [0.1, 0.15) is 5.54 Å². The molecule has 1 heterocycles. The fourth-order valence-electron chi connectivity index (χ4n) is 4.16. The van der Waals surface area contributed by atoms with Gasteiger partial charge in [-0.15, -0.1) is 6.58 Å². The van der Waals surface area contributed by atoms with Crippen molar-refractivity contribution in [3.8, 4) is 0 Å². The molecular formula is C17H29N3O2. The second kappa shape index (κ2) is 6.03. The lowest BCUT2D eigenvalue weighted by Crippen LogP contribution is -2.64. The Hall–Kier alpha value is -1.36. The zero-order chi connectivity index (χ0) is 16.5. The predicted octanol–water partition coefficient (Wildman–Crippen LogP) is 1.21. The highest BCUT2D eigenvalue weighted by molar-refractivity contribution is 5.92. The van der Waals surface area contributed by atoms with Gasteiger partial charge >= 0.3 is 0 Å². The molecule has 5 nitrogen and oxygen atoms in total. The molecule has 2 rings (SSSR count). The third-order valence-electron chi connectivity index (χ3n) is 4.84. The van der Waals surface area contributed by atoms with Crippen LogP contribution in [-0.4, -0.2) is 36.0 Å². The first-order chi connectivity index (χ1) is 10.2. The lowest BCUT2D eigenvalue weighted by atomic mass is 9.79. The molecule has 3 N–H and O–H groups in total. The molecule has 2 fully saturated rings. The largest absolute Gasteiger partial charge is 0.349 e. The van der Waals surface area contributed by atoms with Gasteiger partial charge in [-0.3, -0.25) is 9.59 Å². The molecule has 4 atom stereocenters. The maximum Gasteiger partial charge on any atom is 0.246 e. The molecule has 0 aromatic heterocycles. The second-order valence-electron chi connectivity index (χ2n) is 7.77. The molecule has 124 valence electrons. The topological polar surface area (TPSA) is 70.2 Å². The Kier molecular flexibility index (Phi) is 4.66. The average molecular weight is 307 g/mol. The Labute approximate surface area is 133 Å². The quantitative estimate of drug-likeness (QED) is 0.684. The Morgan fingerprint density at radius 3 is 2.59 bits per heavy atom. The molecule has 2 aliphatic rings. The molecule has 1 unspecified atom stereocenters. The van der Waals surface area contributed by atoms with Crippen LogP contribution in [0.5, 0.6) is 0 Å². The fraction of sp³-hybridized carbons (Fsp3) is 0.765. The maximum absolute atomic E-state index is 13.1. The van der Waals surface area contributed by atoms with E-state index in [4.69, 9.17) is 0 Å². The van der Waals surface area contributed by atoms with E-state index in [1.165, 1.54) is 6.92 Å². The third-order valence-corrected chi connectivity index (χ3v) is 4.84. The number of fused-ring (bicyclic) bond motifs is 1. The van der Waals surface area contributed by atoms with E-state index in [0.717, 1.165) is 19.5 Å². The number of carbonyl (C=O) groups excluding carboxylic acids is 2. The van der Waals surface area contributed by atoms with Crippen LogP contribution < -0.4 is 16.0 Å². The molecule has 0 aromatic rings. The number of amides is 2. The van der Waals surface area contributed by atoms with Gasteiger partial charge in [0.2, 0.25) is 11.8 Å². The number of carbonyl (C=O) groups is 2. The van der Waals surface area contributed by atoms with E-state index in [0.29, 0.717) is 18.3 Å². The molecule has 0 spiro atoms. The van der Waals surface area contributed by atoms with E-state index in [1.54, 1.807) is 0 Å². The van der Waals surface area contributed by atoms with Gasteiger partial charge in [0.05, 0.1) is 0 Å². The number of hydrogen-bond acceptors (Lipinski definition) is 3. The van der Waals surface area contributed by atoms with E-state index in [9.17, 15) is 9.59 Å². The summed E-state index contributed by atoms with van der Waals surface area (Å²) in [7, 11) is 0. The highest BCUT2D eigenvalue weighted by Gasteiger charge is 2.58. The van der Waals surface area contributed by atoms with E-state index < -0.39 is 5.54 Å². The van der Waals surface area contributed by atoms with Crippen LogP contribution >= 0.6 is 0 Å². The van der Waals surface area contributed by atoms with Crippen molar-refractivity contribution in [3.05, 3.63) is 12.7 Å². The second-order valence-corrected chi connectivity index (χ2v) is 7.77. The average Bonchev–Trinajstić information content (AvgIpc) is 2.89. The number of allylic oxidation sites excluding steroid dienone is 1.